The molecule has 4 aromatic rings. The Balaban J connectivity index is 1.38. The Bertz CT molecular complexity index is 1140. The lowest BCUT2D eigenvalue weighted by Gasteiger charge is -1.88. The summed E-state index contributed by atoms with van der Waals surface area (Å²) in [6.07, 6.45) is 12.6. The molecule has 4 rings (SSSR count). The zero-order valence-corrected chi connectivity index (χ0v) is 15.4. The molecule has 0 atom stereocenters. The van der Waals surface area contributed by atoms with Crippen LogP contribution < -0.4 is 4.57 Å². The van der Waals surface area contributed by atoms with Crippen molar-refractivity contribution in [1.82, 2.24) is 4.98 Å². The molecule has 27 heavy (non-hydrogen) atoms. The standard InChI is InChI=1S/C23H21N2O2/c1-17-11-10-14-20-23(17)25(2)22(27-20)16-7-5-3-4-6-15-21-24-18-12-8-9-13-19(18)26-21/h3-14,16H,15H2,1-2H3/q+1. The lowest BCUT2D eigenvalue weighted by molar-refractivity contribution is -0.652. The Morgan fingerprint density at radius 3 is 2.59 bits per heavy atom. The summed E-state index contributed by atoms with van der Waals surface area (Å²) in [5.74, 6) is 1.54. The van der Waals surface area contributed by atoms with Crippen LogP contribution in [0.2, 0.25) is 0 Å². The maximum Gasteiger partial charge on any atom is 0.373 e. The number of hydrogen-bond acceptors (Lipinski definition) is 3. The maximum absolute atomic E-state index is 5.90. The van der Waals surface area contributed by atoms with Crippen LogP contribution in [0.3, 0.4) is 0 Å². The SMILES string of the molecule is Cc1cccc2oc(C=CC=CC=CCc3nc4ccccc4o3)[n+](C)c12. The van der Waals surface area contributed by atoms with E-state index >= 15 is 0 Å². The number of benzene rings is 2. The number of aryl methyl sites for hydroxylation is 2. The van der Waals surface area contributed by atoms with Crippen molar-refractivity contribution < 1.29 is 13.4 Å². The van der Waals surface area contributed by atoms with Gasteiger partial charge in [0.2, 0.25) is 5.58 Å². The van der Waals surface area contributed by atoms with Crippen LogP contribution in [0.4, 0.5) is 0 Å². The number of fused-ring (bicyclic) bond motifs is 2. The van der Waals surface area contributed by atoms with Gasteiger partial charge in [-0.15, -0.1) is 0 Å². The van der Waals surface area contributed by atoms with E-state index < -0.39 is 0 Å². The molecule has 0 bridgehead atoms. The molecule has 2 aromatic carbocycles. The van der Waals surface area contributed by atoms with E-state index in [0.717, 1.165) is 34.0 Å². The van der Waals surface area contributed by atoms with Gasteiger partial charge in [0.05, 0.1) is 6.08 Å². The maximum atomic E-state index is 5.90. The van der Waals surface area contributed by atoms with Gasteiger partial charge in [-0.3, -0.25) is 0 Å². The van der Waals surface area contributed by atoms with Crippen molar-refractivity contribution in [3.05, 3.63) is 90.2 Å². The molecule has 0 aliphatic rings. The molecule has 0 unspecified atom stereocenters. The fraction of sp³-hybridized carbons (Fsp3) is 0.130. The molecular weight excluding hydrogens is 336 g/mol. The summed E-state index contributed by atoms with van der Waals surface area (Å²) in [5, 5.41) is 0. The number of nitrogens with zero attached hydrogens (tertiary/aromatic N) is 2. The van der Waals surface area contributed by atoms with E-state index in [2.05, 4.69) is 22.5 Å². The molecule has 0 saturated heterocycles. The minimum absolute atomic E-state index is 0.667. The van der Waals surface area contributed by atoms with Crippen molar-refractivity contribution >= 4 is 28.3 Å². The molecule has 4 heteroatoms. The number of aromatic nitrogens is 2. The summed E-state index contributed by atoms with van der Waals surface area (Å²) in [6, 6.07) is 13.9. The Labute approximate surface area is 157 Å². The highest BCUT2D eigenvalue weighted by Crippen LogP contribution is 2.17. The molecule has 2 aromatic heterocycles. The fourth-order valence-electron chi connectivity index (χ4n) is 3.10. The van der Waals surface area contributed by atoms with Gasteiger partial charge in [0.15, 0.2) is 11.5 Å². The third kappa shape index (κ3) is 3.60. The highest BCUT2D eigenvalue weighted by atomic mass is 16.4. The summed E-state index contributed by atoms with van der Waals surface area (Å²) in [6.45, 7) is 2.09. The predicted octanol–water partition coefficient (Wildman–Crippen LogP) is 5.08. The van der Waals surface area contributed by atoms with Gasteiger partial charge in [-0.1, -0.05) is 54.6 Å². The normalized spacial score (nSPS) is 12.5. The fourth-order valence-corrected chi connectivity index (χ4v) is 3.10. The van der Waals surface area contributed by atoms with Gasteiger partial charge in [-0.25, -0.2) is 4.98 Å². The number of oxazole rings is 2. The summed E-state index contributed by atoms with van der Waals surface area (Å²) in [5.41, 5.74) is 4.96. The van der Waals surface area contributed by atoms with E-state index in [-0.39, 0.29) is 0 Å². The summed E-state index contributed by atoms with van der Waals surface area (Å²) < 4.78 is 13.7. The van der Waals surface area contributed by atoms with E-state index in [4.69, 9.17) is 8.83 Å². The van der Waals surface area contributed by atoms with Gasteiger partial charge >= 0.3 is 5.89 Å². The monoisotopic (exact) mass is 357 g/mol. The molecule has 0 aliphatic carbocycles. The van der Waals surface area contributed by atoms with Crippen LogP contribution in [0.1, 0.15) is 17.3 Å². The van der Waals surface area contributed by atoms with Crippen molar-refractivity contribution in [3.63, 3.8) is 0 Å². The van der Waals surface area contributed by atoms with Gasteiger partial charge in [-0.2, -0.15) is 4.57 Å². The van der Waals surface area contributed by atoms with Crippen LogP contribution in [-0.2, 0) is 13.5 Å². The zero-order chi connectivity index (χ0) is 18.6. The van der Waals surface area contributed by atoms with Crippen LogP contribution in [-0.4, -0.2) is 4.98 Å². The van der Waals surface area contributed by atoms with E-state index in [1.807, 2.05) is 79.9 Å². The largest absolute Gasteiger partial charge is 0.440 e. The molecular formula is C23H21N2O2+. The van der Waals surface area contributed by atoms with E-state index in [1.165, 1.54) is 5.56 Å². The molecule has 134 valence electrons. The van der Waals surface area contributed by atoms with Gasteiger partial charge in [0.25, 0.3) is 5.52 Å². The summed E-state index contributed by atoms with van der Waals surface area (Å²) in [7, 11) is 2.02. The van der Waals surface area contributed by atoms with Crippen LogP contribution >= 0.6 is 0 Å². The molecule has 0 aliphatic heterocycles. The van der Waals surface area contributed by atoms with E-state index in [9.17, 15) is 0 Å². The lowest BCUT2D eigenvalue weighted by atomic mass is 10.2. The Kier molecular flexibility index (Phi) is 4.71. The first kappa shape index (κ1) is 17.0. The first-order valence-corrected chi connectivity index (χ1v) is 8.95. The first-order chi connectivity index (χ1) is 13.2. The van der Waals surface area contributed by atoms with Crippen LogP contribution in [0.25, 0.3) is 28.3 Å². The number of hydrogen-bond donors (Lipinski definition) is 0. The van der Waals surface area contributed by atoms with Crippen LogP contribution in [0.5, 0.6) is 0 Å². The van der Waals surface area contributed by atoms with Gasteiger partial charge in [0, 0.05) is 12.0 Å². The summed E-state index contributed by atoms with van der Waals surface area (Å²) >= 11 is 0. The van der Waals surface area contributed by atoms with Gasteiger partial charge < -0.3 is 8.83 Å². The third-order valence-electron chi connectivity index (χ3n) is 4.42. The Morgan fingerprint density at radius 2 is 1.74 bits per heavy atom. The minimum atomic E-state index is 0.667. The smallest absolute Gasteiger partial charge is 0.373 e. The van der Waals surface area contributed by atoms with Crippen LogP contribution in [0, 0.1) is 6.92 Å². The molecule has 0 amide bonds. The number of para-hydroxylation sites is 3. The van der Waals surface area contributed by atoms with Gasteiger partial charge in [0.1, 0.15) is 12.6 Å². The molecule has 0 saturated carbocycles. The first-order valence-electron chi connectivity index (χ1n) is 8.95. The topological polar surface area (TPSA) is 43.1 Å². The molecule has 0 radical (unpaired) electrons. The average molecular weight is 357 g/mol. The van der Waals surface area contributed by atoms with Crippen molar-refractivity contribution in [2.24, 2.45) is 7.05 Å². The van der Waals surface area contributed by atoms with Crippen molar-refractivity contribution in [3.8, 4) is 0 Å². The Morgan fingerprint density at radius 1 is 0.926 bits per heavy atom. The minimum Gasteiger partial charge on any atom is -0.440 e. The molecule has 2 heterocycles. The second-order valence-electron chi connectivity index (χ2n) is 6.37. The second kappa shape index (κ2) is 7.46. The number of allylic oxidation sites excluding steroid dienone is 5. The van der Waals surface area contributed by atoms with Crippen molar-refractivity contribution in [1.29, 1.82) is 0 Å². The second-order valence-corrected chi connectivity index (χ2v) is 6.37. The molecule has 0 N–H and O–H groups in total. The highest BCUT2D eigenvalue weighted by Gasteiger charge is 2.17. The van der Waals surface area contributed by atoms with E-state index in [0.29, 0.717) is 6.42 Å². The molecule has 4 nitrogen and oxygen atoms in total. The van der Waals surface area contributed by atoms with Gasteiger partial charge in [-0.05, 0) is 25.1 Å². The van der Waals surface area contributed by atoms with Crippen LogP contribution in [0.15, 0.2) is 81.7 Å². The van der Waals surface area contributed by atoms with Crippen molar-refractivity contribution in [2.75, 3.05) is 0 Å². The van der Waals surface area contributed by atoms with E-state index in [1.54, 1.807) is 0 Å². The highest BCUT2D eigenvalue weighted by molar-refractivity contribution is 5.73. The average Bonchev–Trinajstić information content (AvgIpc) is 3.22. The lowest BCUT2D eigenvalue weighted by Crippen LogP contribution is -2.29. The quantitative estimate of drug-likeness (QED) is 0.370. The Hall–Kier alpha value is -3.40. The number of rotatable bonds is 5. The van der Waals surface area contributed by atoms with Crippen molar-refractivity contribution in [2.45, 2.75) is 13.3 Å². The zero-order valence-electron chi connectivity index (χ0n) is 15.4. The third-order valence-corrected chi connectivity index (χ3v) is 4.42. The molecule has 0 spiro atoms. The predicted molar refractivity (Wildman–Crippen MR) is 107 cm³/mol. The molecule has 0 fully saturated rings. The summed E-state index contributed by atoms with van der Waals surface area (Å²) in [4.78, 5) is 4.45.